The maximum Gasteiger partial charge on any atom is 0.194 e. The van der Waals surface area contributed by atoms with Crippen molar-refractivity contribution in [3.63, 3.8) is 0 Å². The predicted molar refractivity (Wildman–Crippen MR) is 104 cm³/mol. The lowest BCUT2D eigenvalue weighted by Gasteiger charge is -2.55. The molecule has 0 spiro atoms. The highest BCUT2D eigenvalue weighted by Gasteiger charge is 2.59. The Kier molecular flexibility index (Phi) is 4.47. The van der Waals surface area contributed by atoms with E-state index in [1.807, 2.05) is 25.2 Å². The summed E-state index contributed by atoms with van der Waals surface area (Å²) in [4.78, 5) is 9.12. The van der Waals surface area contributed by atoms with E-state index in [9.17, 15) is 5.11 Å². The number of aliphatic imine (C=N–C) groups is 1. The number of para-hydroxylation sites is 2. The summed E-state index contributed by atoms with van der Waals surface area (Å²) in [6.45, 7) is 9.01. The van der Waals surface area contributed by atoms with Crippen LogP contribution in [-0.2, 0) is 4.74 Å². The van der Waals surface area contributed by atoms with Crippen molar-refractivity contribution >= 4 is 11.6 Å². The summed E-state index contributed by atoms with van der Waals surface area (Å²) < 4.78 is 5.91. The third kappa shape index (κ3) is 2.80. The quantitative estimate of drug-likeness (QED) is 0.625. The molecule has 3 atom stereocenters. The van der Waals surface area contributed by atoms with Gasteiger partial charge in [-0.3, -0.25) is 4.99 Å². The number of nitrogens with zero attached hydrogens (tertiary/aromatic N) is 3. The minimum absolute atomic E-state index is 0.148. The van der Waals surface area contributed by atoms with Crippen LogP contribution in [0.15, 0.2) is 29.3 Å². The molecule has 2 heterocycles. The van der Waals surface area contributed by atoms with Crippen LogP contribution in [0.2, 0.25) is 0 Å². The Balaban J connectivity index is 1.38. The number of guanidine groups is 1. The molecule has 0 aromatic heterocycles. The fraction of sp³-hybridized carbons (Fsp3) is 0.650. The Labute approximate surface area is 155 Å². The zero-order valence-corrected chi connectivity index (χ0v) is 16.0. The molecule has 0 bridgehead atoms. The molecule has 3 fully saturated rings. The van der Waals surface area contributed by atoms with Crippen molar-refractivity contribution in [2.75, 3.05) is 44.7 Å². The molecule has 1 aromatic carbocycles. The van der Waals surface area contributed by atoms with E-state index in [0.717, 1.165) is 50.9 Å². The number of ether oxygens (including phenoxy) is 1. The number of aromatic hydroxyl groups is 1. The predicted octanol–water partition coefficient (Wildman–Crippen LogP) is 1.90. The number of nitrogens with one attached hydrogen (secondary N) is 1. The molecule has 0 amide bonds. The topological polar surface area (TPSA) is 60.3 Å². The number of hydrogen-bond donors (Lipinski definition) is 2. The van der Waals surface area contributed by atoms with Crippen molar-refractivity contribution in [3.8, 4) is 5.75 Å². The zero-order valence-electron chi connectivity index (χ0n) is 16.0. The van der Waals surface area contributed by atoms with Crippen LogP contribution < -0.4 is 10.2 Å². The number of hydrogen-bond acceptors (Lipinski definition) is 4. The molecular weight excluding hydrogens is 328 g/mol. The molecule has 6 heteroatoms. The standard InChI is InChI=1S/C20H30N4O2/c1-20(2)17(14-8-13-26-18(14)20)22-19(21-3)24-11-9-23(10-12-24)15-6-4-5-7-16(15)25/h4-7,14,17-18,25H,8-13H2,1-3H3,(H,21,22). The summed E-state index contributed by atoms with van der Waals surface area (Å²) in [6.07, 6.45) is 1.53. The van der Waals surface area contributed by atoms with Gasteiger partial charge in [-0.15, -0.1) is 0 Å². The van der Waals surface area contributed by atoms with Gasteiger partial charge in [0.2, 0.25) is 0 Å². The van der Waals surface area contributed by atoms with Crippen LogP contribution in [0.4, 0.5) is 5.69 Å². The van der Waals surface area contributed by atoms with Gasteiger partial charge in [0.15, 0.2) is 5.96 Å². The summed E-state index contributed by atoms with van der Waals surface area (Å²) in [7, 11) is 1.87. The summed E-state index contributed by atoms with van der Waals surface area (Å²) in [6, 6.07) is 7.99. The average Bonchev–Trinajstić information content (AvgIpc) is 3.10. The second kappa shape index (κ2) is 6.65. The minimum atomic E-state index is 0.148. The molecule has 6 nitrogen and oxygen atoms in total. The van der Waals surface area contributed by atoms with Crippen LogP contribution in [-0.4, -0.2) is 67.9 Å². The van der Waals surface area contributed by atoms with Gasteiger partial charge >= 0.3 is 0 Å². The van der Waals surface area contributed by atoms with Crippen molar-refractivity contribution in [1.29, 1.82) is 0 Å². The first-order chi connectivity index (χ1) is 12.5. The fourth-order valence-electron chi connectivity index (χ4n) is 4.94. The van der Waals surface area contributed by atoms with Crippen molar-refractivity contribution in [2.24, 2.45) is 16.3 Å². The smallest absolute Gasteiger partial charge is 0.194 e. The van der Waals surface area contributed by atoms with E-state index in [2.05, 4.69) is 34.0 Å². The molecule has 1 aliphatic carbocycles. The van der Waals surface area contributed by atoms with Crippen LogP contribution >= 0.6 is 0 Å². The first-order valence-electron chi connectivity index (χ1n) is 9.65. The maximum absolute atomic E-state index is 10.1. The van der Waals surface area contributed by atoms with Gasteiger partial charge in [-0.25, -0.2) is 0 Å². The van der Waals surface area contributed by atoms with Crippen molar-refractivity contribution in [3.05, 3.63) is 24.3 Å². The Bertz CT molecular complexity index is 682. The van der Waals surface area contributed by atoms with Crippen molar-refractivity contribution < 1.29 is 9.84 Å². The molecule has 0 radical (unpaired) electrons. The van der Waals surface area contributed by atoms with Crippen molar-refractivity contribution in [1.82, 2.24) is 10.2 Å². The third-order valence-electron chi connectivity index (χ3n) is 6.40. The van der Waals surface area contributed by atoms with Gasteiger partial charge in [-0.05, 0) is 18.6 Å². The van der Waals surface area contributed by atoms with Crippen LogP contribution in [0.1, 0.15) is 20.3 Å². The van der Waals surface area contributed by atoms with Gasteiger partial charge in [0.1, 0.15) is 5.75 Å². The molecule has 142 valence electrons. The third-order valence-corrected chi connectivity index (χ3v) is 6.40. The number of rotatable bonds is 2. The summed E-state index contributed by atoms with van der Waals surface area (Å²) in [5, 5.41) is 13.8. The van der Waals surface area contributed by atoms with E-state index < -0.39 is 0 Å². The number of fused-ring (bicyclic) bond motifs is 1. The largest absolute Gasteiger partial charge is 0.506 e. The molecule has 1 aromatic rings. The van der Waals surface area contributed by atoms with Crippen LogP contribution in [0, 0.1) is 11.3 Å². The number of anilines is 1. The summed E-state index contributed by atoms with van der Waals surface area (Å²) >= 11 is 0. The van der Waals surface area contributed by atoms with Gasteiger partial charge in [-0.2, -0.15) is 0 Å². The highest BCUT2D eigenvalue weighted by molar-refractivity contribution is 5.81. The van der Waals surface area contributed by atoms with Crippen LogP contribution in [0.3, 0.4) is 0 Å². The lowest BCUT2D eigenvalue weighted by Crippen LogP contribution is -2.68. The fourth-order valence-corrected chi connectivity index (χ4v) is 4.94. The lowest BCUT2D eigenvalue weighted by molar-refractivity contribution is -0.107. The molecule has 2 aliphatic heterocycles. The monoisotopic (exact) mass is 358 g/mol. The Morgan fingerprint density at radius 2 is 1.96 bits per heavy atom. The molecule has 26 heavy (non-hydrogen) atoms. The van der Waals surface area contributed by atoms with E-state index in [1.54, 1.807) is 6.07 Å². The molecule has 3 aliphatic rings. The van der Waals surface area contributed by atoms with E-state index in [-0.39, 0.29) is 5.41 Å². The highest BCUT2D eigenvalue weighted by atomic mass is 16.5. The Hall–Kier alpha value is -1.95. The normalized spacial score (nSPS) is 30.7. The Morgan fingerprint density at radius 3 is 2.65 bits per heavy atom. The first kappa shape index (κ1) is 17.5. The van der Waals surface area contributed by atoms with Crippen LogP contribution in [0.25, 0.3) is 0 Å². The molecule has 2 saturated heterocycles. The van der Waals surface area contributed by atoms with E-state index in [1.165, 1.54) is 0 Å². The molecule has 3 unspecified atom stereocenters. The lowest BCUT2D eigenvalue weighted by atomic mass is 9.57. The summed E-state index contributed by atoms with van der Waals surface area (Å²) in [5.74, 6) is 1.95. The molecule has 1 saturated carbocycles. The van der Waals surface area contributed by atoms with Crippen molar-refractivity contribution in [2.45, 2.75) is 32.4 Å². The van der Waals surface area contributed by atoms with Gasteiger partial charge in [-0.1, -0.05) is 26.0 Å². The van der Waals surface area contributed by atoms with Crippen LogP contribution in [0.5, 0.6) is 5.75 Å². The molecule has 2 N–H and O–H groups in total. The minimum Gasteiger partial charge on any atom is -0.506 e. The van der Waals surface area contributed by atoms with Gasteiger partial charge in [0, 0.05) is 57.2 Å². The zero-order chi connectivity index (χ0) is 18.3. The highest BCUT2D eigenvalue weighted by Crippen LogP contribution is 2.52. The van der Waals surface area contributed by atoms with Gasteiger partial charge in [0.25, 0.3) is 0 Å². The maximum atomic E-state index is 10.1. The first-order valence-corrected chi connectivity index (χ1v) is 9.65. The second-order valence-electron chi connectivity index (χ2n) is 8.20. The van der Waals surface area contributed by atoms with E-state index >= 15 is 0 Å². The van der Waals surface area contributed by atoms with E-state index in [4.69, 9.17) is 4.74 Å². The summed E-state index contributed by atoms with van der Waals surface area (Å²) in [5.41, 5.74) is 1.07. The average molecular weight is 358 g/mol. The number of phenolic OH excluding ortho intramolecular Hbond substituents is 1. The number of benzene rings is 1. The number of phenols is 1. The van der Waals surface area contributed by atoms with Gasteiger partial charge < -0.3 is 25.0 Å². The molecule has 4 rings (SSSR count). The second-order valence-corrected chi connectivity index (χ2v) is 8.20. The Morgan fingerprint density at radius 1 is 1.23 bits per heavy atom. The SMILES string of the molecule is CN=C(NC1C2CCOC2C1(C)C)N1CCN(c2ccccc2O)CC1. The van der Waals surface area contributed by atoms with E-state index in [0.29, 0.717) is 23.8 Å². The number of piperazine rings is 1. The van der Waals surface area contributed by atoms with Gasteiger partial charge in [0.05, 0.1) is 11.8 Å². The molecular formula is C20H30N4O2.